The summed E-state index contributed by atoms with van der Waals surface area (Å²) in [6.45, 7) is 1.41. The van der Waals surface area contributed by atoms with Crippen molar-refractivity contribution in [1.29, 1.82) is 0 Å². The second kappa shape index (κ2) is 3.83. The molecule has 0 fully saturated rings. The lowest BCUT2D eigenvalue weighted by Crippen LogP contribution is -2.08. The smallest absolute Gasteiger partial charge is 0.221 e. The molecule has 0 heterocycles. The first kappa shape index (κ1) is 7.88. The van der Waals surface area contributed by atoms with Crippen molar-refractivity contribution < 1.29 is 9.59 Å². The molecule has 2 N–H and O–H groups in total. The van der Waals surface area contributed by atoms with E-state index < -0.39 is 5.91 Å². The number of allylic oxidation sites excluding steroid dienone is 1. The predicted molar refractivity (Wildman–Crippen MR) is 33.6 cm³/mol. The molecule has 0 aromatic carbocycles. The highest BCUT2D eigenvalue weighted by Gasteiger charge is 1.86. The standard InChI is InChI=1S/C6H9NO2/c1-5(8)3-2-4-6(7)9/h2-3H,4H2,1H3,(H2,7,9)/b3-2+. The Bertz CT molecular complexity index is 149. The van der Waals surface area contributed by atoms with Gasteiger partial charge in [-0.25, -0.2) is 0 Å². The molecule has 0 aliphatic carbocycles. The van der Waals surface area contributed by atoms with Crippen LogP contribution >= 0.6 is 0 Å². The van der Waals surface area contributed by atoms with Crippen LogP contribution in [0, 0.1) is 0 Å². The zero-order valence-electron chi connectivity index (χ0n) is 5.26. The number of nitrogens with two attached hydrogens (primary N) is 1. The first-order valence-corrected chi connectivity index (χ1v) is 2.58. The van der Waals surface area contributed by atoms with Crippen LogP contribution in [0.15, 0.2) is 12.2 Å². The van der Waals surface area contributed by atoms with E-state index in [0.717, 1.165) is 0 Å². The van der Waals surface area contributed by atoms with Crippen molar-refractivity contribution in [3.8, 4) is 0 Å². The van der Waals surface area contributed by atoms with Gasteiger partial charge in [0.15, 0.2) is 5.78 Å². The minimum Gasteiger partial charge on any atom is -0.369 e. The fourth-order valence-electron chi connectivity index (χ4n) is 0.341. The molecular weight excluding hydrogens is 118 g/mol. The number of carbonyl (C=O) groups excluding carboxylic acids is 2. The van der Waals surface area contributed by atoms with Crippen LogP contribution in [-0.4, -0.2) is 11.7 Å². The lowest BCUT2D eigenvalue weighted by Gasteiger charge is -1.81. The van der Waals surface area contributed by atoms with E-state index in [2.05, 4.69) is 0 Å². The van der Waals surface area contributed by atoms with Crippen molar-refractivity contribution in [1.82, 2.24) is 0 Å². The third-order valence-corrected chi connectivity index (χ3v) is 0.672. The fraction of sp³-hybridized carbons (Fsp3) is 0.333. The third-order valence-electron chi connectivity index (χ3n) is 0.672. The van der Waals surface area contributed by atoms with Crippen LogP contribution in [0.4, 0.5) is 0 Å². The van der Waals surface area contributed by atoms with Crippen molar-refractivity contribution in [3.63, 3.8) is 0 Å². The summed E-state index contributed by atoms with van der Waals surface area (Å²) in [5.74, 6) is -0.497. The van der Waals surface area contributed by atoms with E-state index in [1.165, 1.54) is 19.1 Å². The molecule has 0 saturated carbocycles. The van der Waals surface area contributed by atoms with Crippen LogP contribution < -0.4 is 5.73 Å². The van der Waals surface area contributed by atoms with Gasteiger partial charge in [-0.2, -0.15) is 0 Å². The van der Waals surface area contributed by atoms with Crippen LogP contribution in [0.2, 0.25) is 0 Å². The molecule has 0 aromatic heterocycles. The van der Waals surface area contributed by atoms with Crippen LogP contribution in [0.5, 0.6) is 0 Å². The minimum absolute atomic E-state index is 0.0729. The van der Waals surface area contributed by atoms with E-state index in [0.29, 0.717) is 0 Å². The maximum atomic E-state index is 10.2. The first-order chi connectivity index (χ1) is 4.13. The summed E-state index contributed by atoms with van der Waals surface area (Å²) in [5, 5.41) is 0. The molecule has 0 saturated heterocycles. The van der Waals surface area contributed by atoms with Crippen LogP contribution in [-0.2, 0) is 9.59 Å². The number of hydrogen-bond acceptors (Lipinski definition) is 2. The Morgan fingerprint density at radius 3 is 2.44 bits per heavy atom. The molecule has 1 amide bonds. The van der Waals surface area contributed by atoms with Gasteiger partial charge in [0.1, 0.15) is 0 Å². The van der Waals surface area contributed by atoms with Gasteiger partial charge >= 0.3 is 0 Å². The fourth-order valence-corrected chi connectivity index (χ4v) is 0.341. The number of primary amides is 1. The molecule has 0 atom stereocenters. The summed E-state index contributed by atoms with van der Waals surface area (Å²) >= 11 is 0. The largest absolute Gasteiger partial charge is 0.369 e. The Labute approximate surface area is 53.5 Å². The topological polar surface area (TPSA) is 60.2 Å². The summed E-state index contributed by atoms with van der Waals surface area (Å²) in [6.07, 6.45) is 2.91. The van der Waals surface area contributed by atoms with Crippen LogP contribution in [0.25, 0.3) is 0 Å². The summed E-state index contributed by atoms with van der Waals surface area (Å²) in [4.78, 5) is 20.2. The molecule has 0 aromatic rings. The lowest BCUT2D eigenvalue weighted by atomic mass is 10.3. The van der Waals surface area contributed by atoms with E-state index in [4.69, 9.17) is 5.73 Å². The van der Waals surface area contributed by atoms with Crippen molar-refractivity contribution in [2.45, 2.75) is 13.3 Å². The van der Waals surface area contributed by atoms with Crippen LogP contribution in [0.1, 0.15) is 13.3 Å². The van der Waals surface area contributed by atoms with E-state index in [9.17, 15) is 9.59 Å². The number of ketones is 1. The molecule has 3 nitrogen and oxygen atoms in total. The van der Waals surface area contributed by atoms with Crippen molar-refractivity contribution in [3.05, 3.63) is 12.2 Å². The normalized spacial score (nSPS) is 9.89. The average Bonchev–Trinajstić information content (AvgIpc) is 1.63. The van der Waals surface area contributed by atoms with E-state index in [-0.39, 0.29) is 12.2 Å². The van der Waals surface area contributed by atoms with Crippen LogP contribution in [0.3, 0.4) is 0 Å². The van der Waals surface area contributed by atoms with Gasteiger partial charge in [-0.15, -0.1) is 0 Å². The highest BCUT2D eigenvalue weighted by Crippen LogP contribution is 1.80. The summed E-state index contributed by atoms with van der Waals surface area (Å²) in [6, 6.07) is 0. The summed E-state index contributed by atoms with van der Waals surface area (Å²) < 4.78 is 0. The Morgan fingerprint density at radius 2 is 2.11 bits per heavy atom. The van der Waals surface area contributed by atoms with Gasteiger partial charge in [0, 0.05) is 6.42 Å². The molecule has 0 aliphatic rings. The van der Waals surface area contributed by atoms with E-state index >= 15 is 0 Å². The first-order valence-electron chi connectivity index (χ1n) is 2.58. The van der Waals surface area contributed by atoms with Gasteiger partial charge in [0.2, 0.25) is 5.91 Å². The predicted octanol–water partition coefficient (Wildman–Crippen LogP) is 0.00700. The zero-order chi connectivity index (χ0) is 7.28. The van der Waals surface area contributed by atoms with Gasteiger partial charge in [0.25, 0.3) is 0 Å². The molecule has 9 heavy (non-hydrogen) atoms. The van der Waals surface area contributed by atoms with Gasteiger partial charge in [-0.05, 0) is 13.0 Å². The number of rotatable bonds is 3. The molecule has 0 unspecified atom stereocenters. The average molecular weight is 127 g/mol. The molecule has 0 radical (unpaired) electrons. The van der Waals surface area contributed by atoms with Crippen molar-refractivity contribution in [2.75, 3.05) is 0 Å². The molecule has 0 aliphatic heterocycles. The Kier molecular flexibility index (Phi) is 3.35. The maximum Gasteiger partial charge on any atom is 0.221 e. The van der Waals surface area contributed by atoms with Gasteiger partial charge in [0.05, 0.1) is 0 Å². The number of carbonyl (C=O) groups is 2. The Morgan fingerprint density at radius 1 is 1.56 bits per heavy atom. The number of hydrogen-bond donors (Lipinski definition) is 1. The second-order valence-electron chi connectivity index (χ2n) is 1.68. The quantitative estimate of drug-likeness (QED) is 0.543. The Hall–Kier alpha value is -1.12. The van der Waals surface area contributed by atoms with Crippen molar-refractivity contribution >= 4 is 11.7 Å². The zero-order valence-corrected chi connectivity index (χ0v) is 5.26. The van der Waals surface area contributed by atoms with Gasteiger partial charge in [-0.3, -0.25) is 9.59 Å². The molecule has 0 bridgehead atoms. The van der Waals surface area contributed by atoms with Crippen molar-refractivity contribution in [2.24, 2.45) is 5.73 Å². The molecule has 0 rings (SSSR count). The summed E-state index contributed by atoms with van der Waals surface area (Å²) in [7, 11) is 0. The second-order valence-corrected chi connectivity index (χ2v) is 1.68. The van der Waals surface area contributed by atoms with Gasteiger partial charge < -0.3 is 5.73 Å². The maximum absolute atomic E-state index is 10.2. The van der Waals surface area contributed by atoms with Gasteiger partial charge in [-0.1, -0.05) is 6.08 Å². The molecular formula is C6H9NO2. The minimum atomic E-state index is -0.424. The summed E-state index contributed by atoms with van der Waals surface area (Å²) in [5.41, 5.74) is 4.78. The monoisotopic (exact) mass is 127 g/mol. The van der Waals surface area contributed by atoms with E-state index in [1.807, 2.05) is 0 Å². The molecule has 50 valence electrons. The highest BCUT2D eigenvalue weighted by atomic mass is 16.1. The lowest BCUT2D eigenvalue weighted by molar-refractivity contribution is -0.117. The molecule has 0 spiro atoms. The SMILES string of the molecule is CC(=O)/C=C/CC(N)=O. The molecule has 3 heteroatoms. The highest BCUT2D eigenvalue weighted by molar-refractivity contribution is 5.88. The Balaban J connectivity index is 3.48. The van der Waals surface area contributed by atoms with E-state index in [1.54, 1.807) is 0 Å². The number of amides is 1. The third kappa shape index (κ3) is 6.88.